The van der Waals surface area contributed by atoms with Crippen molar-refractivity contribution in [1.29, 1.82) is 0 Å². The van der Waals surface area contributed by atoms with E-state index in [1.165, 1.54) is 31.5 Å². The van der Waals surface area contributed by atoms with Gasteiger partial charge in [-0.3, -0.25) is 4.79 Å². The van der Waals surface area contributed by atoms with Crippen molar-refractivity contribution in [3.8, 4) is 6.01 Å². The van der Waals surface area contributed by atoms with E-state index in [-0.39, 0.29) is 17.7 Å². The molecule has 1 amide bonds. The third-order valence-corrected chi connectivity index (χ3v) is 2.82. The van der Waals surface area contributed by atoms with Crippen molar-refractivity contribution in [2.45, 2.75) is 13.8 Å². The first-order chi connectivity index (χ1) is 9.51. The van der Waals surface area contributed by atoms with Crippen LogP contribution < -0.4 is 10.1 Å². The highest BCUT2D eigenvalue weighted by Crippen LogP contribution is 2.17. The smallest absolute Gasteiger partial charge is 0.316 e. The first-order valence-corrected chi connectivity index (χ1v) is 5.96. The molecule has 6 heteroatoms. The molecule has 0 radical (unpaired) electrons. The van der Waals surface area contributed by atoms with E-state index in [9.17, 15) is 9.18 Å². The van der Waals surface area contributed by atoms with Gasteiger partial charge in [-0.1, -0.05) is 0 Å². The van der Waals surface area contributed by atoms with E-state index in [2.05, 4.69) is 15.3 Å². The van der Waals surface area contributed by atoms with E-state index in [4.69, 9.17) is 4.74 Å². The second-order valence-corrected chi connectivity index (χ2v) is 4.27. The van der Waals surface area contributed by atoms with Crippen LogP contribution in [0.25, 0.3) is 0 Å². The Balaban J connectivity index is 2.24. The minimum Gasteiger partial charge on any atom is -0.467 e. The number of methoxy groups -OCH3 is 1. The van der Waals surface area contributed by atoms with Gasteiger partial charge in [0.05, 0.1) is 18.4 Å². The molecule has 0 aliphatic heterocycles. The number of aryl methyl sites for hydroxylation is 2. The Morgan fingerprint density at radius 3 is 2.70 bits per heavy atom. The Bertz CT molecular complexity index is 659. The predicted molar refractivity (Wildman–Crippen MR) is 72.4 cm³/mol. The van der Waals surface area contributed by atoms with Gasteiger partial charge in [0, 0.05) is 11.9 Å². The Kier molecular flexibility index (Phi) is 3.93. The lowest BCUT2D eigenvalue weighted by atomic mass is 10.1. The van der Waals surface area contributed by atoms with Crippen LogP contribution in [0, 0.1) is 19.7 Å². The maximum Gasteiger partial charge on any atom is 0.316 e. The van der Waals surface area contributed by atoms with Crippen LogP contribution in [-0.2, 0) is 0 Å². The molecule has 0 saturated carbocycles. The van der Waals surface area contributed by atoms with Crippen LogP contribution in [0.4, 0.5) is 10.1 Å². The summed E-state index contributed by atoms with van der Waals surface area (Å²) in [5.41, 5.74) is 2.04. The monoisotopic (exact) mass is 275 g/mol. The molecular formula is C14H14FN3O2. The number of halogens is 1. The van der Waals surface area contributed by atoms with Crippen molar-refractivity contribution in [2.24, 2.45) is 0 Å². The summed E-state index contributed by atoms with van der Waals surface area (Å²) < 4.78 is 17.9. The van der Waals surface area contributed by atoms with Crippen molar-refractivity contribution in [3.63, 3.8) is 0 Å². The van der Waals surface area contributed by atoms with Gasteiger partial charge in [0.25, 0.3) is 5.91 Å². The molecule has 0 unspecified atom stereocenters. The van der Waals surface area contributed by atoms with E-state index >= 15 is 0 Å². The van der Waals surface area contributed by atoms with Crippen molar-refractivity contribution < 1.29 is 13.9 Å². The van der Waals surface area contributed by atoms with E-state index in [1.54, 1.807) is 13.8 Å². The second kappa shape index (κ2) is 5.64. The zero-order chi connectivity index (χ0) is 14.7. The lowest BCUT2D eigenvalue weighted by molar-refractivity contribution is 0.102. The molecule has 0 spiro atoms. The van der Waals surface area contributed by atoms with Crippen LogP contribution >= 0.6 is 0 Å². The van der Waals surface area contributed by atoms with Gasteiger partial charge in [-0.15, -0.1) is 0 Å². The number of hydrogen-bond donors (Lipinski definition) is 1. The number of benzene rings is 1. The van der Waals surface area contributed by atoms with Crippen LogP contribution in [-0.4, -0.2) is 23.0 Å². The highest BCUT2D eigenvalue weighted by molar-refractivity contribution is 6.05. The van der Waals surface area contributed by atoms with Crippen LogP contribution in [0.1, 0.15) is 21.6 Å². The topological polar surface area (TPSA) is 64.1 Å². The Morgan fingerprint density at radius 1 is 1.35 bits per heavy atom. The minimum atomic E-state index is -0.347. The first-order valence-electron chi connectivity index (χ1n) is 5.96. The standard InChI is InChI=1S/C14H14FN3O2/c1-8-6-10(15)4-5-12(8)18-13(19)11-7-16-14(20-3)17-9(11)2/h4-7H,1-3H3,(H,18,19). The molecule has 5 nitrogen and oxygen atoms in total. The maximum absolute atomic E-state index is 13.0. The number of rotatable bonds is 3. The summed E-state index contributed by atoms with van der Waals surface area (Å²) in [6, 6.07) is 4.37. The lowest BCUT2D eigenvalue weighted by Crippen LogP contribution is -2.15. The summed E-state index contributed by atoms with van der Waals surface area (Å²) >= 11 is 0. The van der Waals surface area contributed by atoms with Crippen molar-refractivity contribution >= 4 is 11.6 Å². The van der Waals surface area contributed by atoms with E-state index < -0.39 is 0 Å². The SMILES string of the molecule is COc1ncc(C(=O)Nc2ccc(F)cc2C)c(C)n1. The number of carbonyl (C=O) groups excluding carboxylic acids is 1. The third kappa shape index (κ3) is 2.90. The Morgan fingerprint density at radius 2 is 2.10 bits per heavy atom. The number of carbonyl (C=O) groups is 1. The van der Waals surface area contributed by atoms with Crippen molar-refractivity contribution in [3.05, 3.63) is 47.0 Å². The molecule has 1 heterocycles. The predicted octanol–water partition coefficient (Wildman–Crippen LogP) is 2.49. The van der Waals surface area contributed by atoms with Crippen molar-refractivity contribution in [2.75, 3.05) is 12.4 Å². The van der Waals surface area contributed by atoms with Gasteiger partial charge < -0.3 is 10.1 Å². The molecule has 0 fully saturated rings. The normalized spacial score (nSPS) is 10.2. The average Bonchev–Trinajstić information content (AvgIpc) is 2.41. The largest absolute Gasteiger partial charge is 0.467 e. The molecule has 2 aromatic rings. The number of amides is 1. The zero-order valence-electron chi connectivity index (χ0n) is 11.4. The molecule has 0 atom stereocenters. The first kappa shape index (κ1) is 13.9. The summed E-state index contributed by atoms with van der Waals surface area (Å²) in [6.07, 6.45) is 1.40. The molecule has 20 heavy (non-hydrogen) atoms. The maximum atomic E-state index is 13.0. The van der Waals surface area contributed by atoms with Gasteiger partial charge in [-0.2, -0.15) is 4.98 Å². The highest BCUT2D eigenvalue weighted by atomic mass is 19.1. The van der Waals surface area contributed by atoms with Crippen LogP contribution in [0.15, 0.2) is 24.4 Å². The third-order valence-electron chi connectivity index (χ3n) is 2.82. The lowest BCUT2D eigenvalue weighted by Gasteiger charge is -2.10. The van der Waals surface area contributed by atoms with Crippen molar-refractivity contribution in [1.82, 2.24) is 9.97 Å². The fourth-order valence-electron chi connectivity index (χ4n) is 1.72. The minimum absolute atomic E-state index is 0.206. The number of nitrogens with zero attached hydrogens (tertiary/aromatic N) is 2. The molecular weight excluding hydrogens is 261 g/mol. The Labute approximate surface area is 115 Å². The van der Waals surface area contributed by atoms with Gasteiger partial charge in [0.15, 0.2) is 0 Å². The number of hydrogen-bond acceptors (Lipinski definition) is 4. The molecule has 1 aromatic heterocycles. The van der Waals surface area contributed by atoms with E-state index in [1.807, 2.05) is 0 Å². The molecule has 2 rings (SSSR count). The number of aromatic nitrogens is 2. The summed E-state index contributed by atoms with van der Waals surface area (Å²) in [5, 5.41) is 2.71. The fraction of sp³-hybridized carbons (Fsp3) is 0.214. The molecule has 1 N–H and O–H groups in total. The number of ether oxygens (including phenoxy) is 1. The van der Waals surface area contributed by atoms with Gasteiger partial charge in [0.2, 0.25) is 0 Å². The molecule has 0 bridgehead atoms. The molecule has 0 aliphatic rings. The summed E-state index contributed by atoms with van der Waals surface area (Å²) in [6.45, 7) is 3.41. The second-order valence-electron chi connectivity index (χ2n) is 4.27. The average molecular weight is 275 g/mol. The molecule has 0 saturated heterocycles. The molecule has 1 aromatic carbocycles. The summed E-state index contributed by atoms with van der Waals surface area (Å²) in [5.74, 6) is -0.690. The van der Waals surface area contributed by atoms with Gasteiger partial charge in [-0.05, 0) is 37.6 Å². The zero-order valence-corrected chi connectivity index (χ0v) is 11.4. The van der Waals surface area contributed by atoms with Gasteiger partial charge >= 0.3 is 6.01 Å². The van der Waals surface area contributed by atoms with Crippen LogP contribution in [0.3, 0.4) is 0 Å². The fourth-order valence-corrected chi connectivity index (χ4v) is 1.72. The van der Waals surface area contributed by atoms with Crippen LogP contribution in [0.5, 0.6) is 6.01 Å². The Hall–Kier alpha value is -2.50. The highest BCUT2D eigenvalue weighted by Gasteiger charge is 2.13. The molecule has 104 valence electrons. The molecule has 0 aliphatic carbocycles. The summed E-state index contributed by atoms with van der Waals surface area (Å²) in [4.78, 5) is 20.1. The van der Waals surface area contributed by atoms with Gasteiger partial charge in [-0.25, -0.2) is 9.37 Å². The number of anilines is 1. The van der Waals surface area contributed by atoms with E-state index in [0.717, 1.165) is 0 Å². The van der Waals surface area contributed by atoms with Gasteiger partial charge in [0.1, 0.15) is 5.82 Å². The summed E-state index contributed by atoms with van der Waals surface area (Å²) in [7, 11) is 1.45. The van der Waals surface area contributed by atoms with Crippen LogP contribution in [0.2, 0.25) is 0 Å². The quantitative estimate of drug-likeness (QED) is 0.934. The number of nitrogens with one attached hydrogen (secondary N) is 1. The van der Waals surface area contributed by atoms with E-state index in [0.29, 0.717) is 22.5 Å².